The summed E-state index contributed by atoms with van der Waals surface area (Å²) in [6.07, 6.45) is 0. The normalized spacial score (nSPS) is 12.1. The van der Waals surface area contributed by atoms with Gasteiger partial charge in [0.25, 0.3) is 10.0 Å². The number of nitrogens with zero attached hydrogens (tertiary/aromatic N) is 2. The summed E-state index contributed by atoms with van der Waals surface area (Å²) in [5.41, 5.74) is 1.38. The van der Waals surface area contributed by atoms with Gasteiger partial charge < -0.3 is 19.7 Å². The number of sulfonamides is 1. The van der Waals surface area contributed by atoms with Crippen molar-refractivity contribution in [3.8, 4) is 17.2 Å². The average molecular weight is 644 g/mol. The predicted molar refractivity (Wildman–Crippen MR) is 180 cm³/mol. The van der Waals surface area contributed by atoms with E-state index in [2.05, 4.69) is 5.32 Å². The van der Waals surface area contributed by atoms with Crippen molar-refractivity contribution in [2.45, 2.75) is 57.6 Å². The molecule has 2 amide bonds. The maximum absolute atomic E-state index is 14.2. The van der Waals surface area contributed by atoms with Gasteiger partial charge in [0.2, 0.25) is 11.8 Å². The standard InChI is InChI=1S/C36H41N3O6S/c1-26-12-22-33(23-13-26)46(42,43)39(29-16-20-32(21-17-29)45-31-10-8-7-9-11-31)25-34(40)38(27(2)35(41)37-36(3,4)5)24-28-14-18-30(44-6)19-15-28/h7-23,27H,24-25H2,1-6H3,(H,37,41)/t27-/m1/s1. The second-order valence-corrected chi connectivity index (χ2v) is 13.9. The molecule has 0 aliphatic heterocycles. The van der Waals surface area contributed by atoms with Crippen molar-refractivity contribution in [1.29, 1.82) is 0 Å². The smallest absolute Gasteiger partial charge is 0.264 e. The summed E-state index contributed by atoms with van der Waals surface area (Å²) in [5, 5.41) is 2.93. The molecule has 4 aromatic rings. The van der Waals surface area contributed by atoms with Crippen molar-refractivity contribution in [3.05, 3.63) is 114 Å². The highest BCUT2D eigenvalue weighted by molar-refractivity contribution is 7.92. The molecule has 0 bridgehead atoms. The van der Waals surface area contributed by atoms with Crippen molar-refractivity contribution < 1.29 is 27.5 Å². The van der Waals surface area contributed by atoms with Crippen LogP contribution in [0.1, 0.15) is 38.8 Å². The third-order valence-corrected chi connectivity index (χ3v) is 8.96. The molecule has 0 saturated heterocycles. The lowest BCUT2D eigenvalue weighted by atomic mass is 10.1. The first-order chi connectivity index (χ1) is 21.8. The monoisotopic (exact) mass is 643 g/mol. The molecule has 9 nitrogen and oxygen atoms in total. The van der Waals surface area contributed by atoms with Crippen LogP contribution in [0.5, 0.6) is 17.2 Å². The van der Waals surface area contributed by atoms with Gasteiger partial charge in [-0.25, -0.2) is 8.42 Å². The molecule has 0 spiro atoms. The lowest BCUT2D eigenvalue weighted by molar-refractivity contribution is -0.140. The van der Waals surface area contributed by atoms with Crippen LogP contribution >= 0.6 is 0 Å². The first-order valence-corrected chi connectivity index (χ1v) is 16.4. The fourth-order valence-electron chi connectivity index (χ4n) is 4.66. The van der Waals surface area contributed by atoms with Gasteiger partial charge in [0.15, 0.2) is 0 Å². The number of anilines is 1. The summed E-state index contributed by atoms with van der Waals surface area (Å²) in [6.45, 7) is 8.60. The average Bonchev–Trinajstić information content (AvgIpc) is 3.02. The second kappa shape index (κ2) is 14.5. The minimum Gasteiger partial charge on any atom is -0.497 e. The molecular weight excluding hydrogens is 602 g/mol. The molecule has 46 heavy (non-hydrogen) atoms. The number of carbonyl (C=O) groups excluding carboxylic acids is 2. The minimum atomic E-state index is -4.20. The largest absolute Gasteiger partial charge is 0.497 e. The lowest BCUT2D eigenvalue weighted by Gasteiger charge is -2.33. The first kappa shape index (κ1) is 34.1. The van der Waals surface area contributed by atoms with E-state index in [0.29, 0.717) is 17.2 Å². The van der Waals surface area contributed by atoms with Crippen LogP contribution in [0.15, 0.2) is 108 Å². The predicted octanol–water partition coefficient (Wildman–Crippen LogP) is 6.32. The number of amides is 2. The highest BCUT2D eigenvalue weighted by Crippen LogP contribution is 2.29. The molecule has 0 heterocycles. The van der Waals surface area contributed by atoms with E-state index in [1.54, 1.807) is 74.7 Å². The fraction of sp³-hybridized carbons (Fsp3) is 0.278. The van der Waals surface area contributed by atoms with E-state index in [1.165, 1.54) is 17.0 Å². The van der Waals surface area contributed by atoms with E-state index in [0.717, 1.165) is 15.4 Å². The highest BCUT2D eigenvalue weighted by atomic mass is 32.2. The summed E-state index contributed by atoms with van der Waals surface area (Å²) in [6, 6.07) is 28.4. The molecule has 242 valence electrons. The third-order valence-electron chi connectivity index (χ3n) is 7.17. The lowest BCUT2D eigenvalue weighted by Crippen LogP contribution is -2.54. The third kappa shape index (κ3) is 8.88. The van der Waals surface area contributed by atoms with Gasteiger partial charge in [-0.05, 0) is 101 Å². The molecule has 10 heteroatoms. The molecular formula is C36H41N3O6S. The van der Waals surface area contributed by atoms with Gasteiger partial charge in [-0.1, -0.05) is 48.0 Å². The van der Waals surface area contributed by atoms with Crippen LogP contribution in [0.25, 0.3) is 0 Å². The van der Waals surface area contributed by atoms with E-state index in [-0.39, 0.29) is 23.0 Å². The molecule has 1 N–H and O–H groups in total. The van der Waals surface area contributed by atoms with Crippen LogP contribution in [-0.4, -0.2) is 50.4 Å². The van der Waals surface area contributed by atoms with Crippen molar-refractivity contribution in [2.24, 2.45) is 0 Å². The van der Waals surface area contributed by atoms with Gasteiger partial charge in [0.1, 0.15) is 29.8 Å². The Bertz CT molecular complexity index is 1720. The van der Waals surface area contributed by atoms with Crippen molar-refractivity contribution in [2.75, 3.05) is 18.0 Å². The SMILES string of the molecule is COc1ccc(CN(C(=O)CN(c2ccc(Oc3ccccc3)cc2)S(=O)(=O)c2ccc(C)cc2)[C@H](C)C(=O)NC(C)(C)C)cc1. The molecule has 0 radical (unpaired) electrons. The summed E-state index contributed by atoms with van der Waals surface area (Å²) >= 11 is 0. The van der Waals surface area contributed by atoms with Crippen LogP contribution in [-0.2, 0) is 26.2 Å². The Hall–Kier alpha value is -4.83. The van der Waals surface area contributed by atoms with Crippen LogP contribution in [0.4, 0.5) is 5.69 Å². The van der Waals surface area contributed by atoms with Gasteiger partial charge in [0, 0.05) is 12.1 Å². The summed E-state index contributed by atoms with van der Waals surface area (Å²) < 4.78 is 40.5. The number of hydrogen-bond acceptors (Lipinski definition) is 6. The molecule has 0 saturated carbocycles. The Morgan fingerprint density at radius 1 is 0.804 bits per heavy atom. The number of ether oxygens (including phenoxy) is 2. The van der Waals surface area contributed by atoms with Gasteiger partial charge in [-0.15, -0.1) is 0 Å². The number of rotatable bonds is 12. The number of methoxy groups -OCH3 is 1. The number of nitrogens with one attached hydrogen (secondary N) is 1. The van der Waals surface area contributed by atoms with Gasteiger partial charge in [-0.3, -0.25) is 13.9 Å². The van der Waals surface area contributed by atoms with E-state index in [1.807, 2.05) is 58.0 Å². The summed E-state index contributed by atoms with van der Waals surface area (Å²) in [5.74, 6) is 0.876. The maximum atomic E-state index is 14.2. The van der Waals surface area contributed by atoms with E-state index in [4.69, 9.17) is 9.47 Å². The van der Waals surface area contributed by atoms with Gasteiger partial charge in [-0.2, -0.15) is 0 Å². The van der Waals surface area contributed by atoms with E-state index < -0.39 is 34.1 Å². The Morgan fingerprint density at radius 3 is 1.93 bits per heavy atom. The molecule has 0 unspecified atom stereocenters. The molecule has 4 rings (SSSR count). The molecule has 0 fully saturated rings. The van der Waals surface area contributed by atoms with Crippen LogP contribution in [0, 0.1) is 6.92 Å². The van der Waals surface area contributed by atoms with Crippen molar-refractivity contribution >= 4 is 27.5 Å². The minimum absolute atomic E-state index is 0.0377. The van der Waals surface area contributed by atoms with E-state index >= 15 is 0 Å². The first-order valence-electron chi connectivity index (χ1n) is 14.9. The Labute approximate surface area is 271 Å². The topological polar surface area (TPSA) is 105 Å². The highest BCUT2D eigenvalue weighted by Gasteiger charge is 2.33. The zero-order valence-corrected chi connectivity index (χ0v) is 27.9. The van der Waals surface area contributed by atoms with Gasteiger partial charge >= 0.3 is 0 Å². The Balaban J connectivity index is 1.71. The Kier molecular flexibility index (Phi) is 10.7. The quantitative estimate of drug-likeness (QED) is 0.194. The number of para-hydroxylation sites is 1. The second-order valence-electron chi connectivity index (χ2n) is 12.0. The number of carbonyl (C=O) groups is 2. The summed E-state index contributed by atoms with van der Waals surface area (Å²) in [7, 11) is -2.64. The Morgan fingerprint density at radius 2 is 1.37 bits per heavy atom. The number of aryl methyl sites for hydroxylation is 1. The maximum Gasteiger partial charge on any atom is 0.264 e. The van der Waals surface area contributed by atoms with E-state index in [9.17, 15) is 18.0 Å². The van der Waals surface area contributed by atoms with Crippen molar-refractivity contribution in [1.82, 2.24) is 10.2 Å². The van der Waals surface area contributed by atoms with Crippen LogP contribution < -0.4 is 19.1 Å². The summed E-state index contributed by atoms with van der Waals surface area (Å²) in [4.78, 5) is 28.9. The molecule has 0 aliphatic rings. The zero-order chi connectivity index (χ0) is 33.5. The zero-order valence-electron chi connectivity index (χ0n) is 27.1. The molecule has 0 aliphatic carbocycles. The van der Waals surface area contributed by atoms with Crippen molar-refractivity contribution in [3.63, 3.8) is 0 Å². The molecule has 0 aromatic heterocycles. The fourth-order valence-corrected chi connectivity index (χ4v) is 6.07. The van der Waals surface area contributed by atoms with Gasteiger partial charge in [0.05, 0.1) is 17.7 Å². The molecule has 1 atom stereocenters. The van der Waals surface area contributed by atoms with Crippen LogP contribution in [0.2, 0.25) is 0 Å². The molecule has 4 aromatic carbocycles. The number of hydrogen-bond donors (Lipinski definition) is 1. The van der Waals surface area contributed by atoms with Crippen LogP contribution in [0.3, 0.4) is 0 Å². The number of benzene rings is 4.